The number of nitrogens with zero attached hydrogens (tertiary/aromatic N) is 3. The van der Waals surface area contributed by atoms with Crippen LogP contribution < -0.4 is 14.8 Å². The van der Waals surface area contributed by atoms with Crippen LogP contribution in [0.2, 0.25) is 5.02 Å². The third-order valence-corrected chi connectivity index (χ3v) is 5.03. The quantitative estimate of drug-likeness (QED) is 0.177. The van der Waals surface area contributed by atoms with E-state index < -0.39 is 15.8 Å². The van der Waals surface area contributed by atoms with Crippen molar-refractivity contribution in [1.29, 1.82) is 5.26 Å². The van der Waals surface area contributed by atoms with Gasteiger partial charge >= 0.3 is 0 Å². The average molecular weight is 509 g/mol. The van der Waals surface area contributed by atoms with Crippen molar-refractivity contribution in [1.82, 2.24) is 0 Å². The van der Waals surface area contributed by atoms with E-state index in [-0.39, 0.29) is 45.8 Å². The van der Waals surface area contributed by atoms with Crippen LogP contribution in [-0.4, -0.2) is 22.9 Å². The standard InChI is InChI=1S/C24H17ClN4O7/c1-35-22-11-16(8-17(13-26)24(30)27-18-5-3-7-20(12-18)29(33)34)10-21(25)23(22)36-14-15-4-2-6-19(9-15)28(31)32/h2-12H,14H2,1H3,(H,27,30)/b17-8+. The Morgan fingerprint density at radius 2 is 1.75 bits per heavy atom. The second-order valence-electron chi connectivity index (χ2n) is 7.18. The molecule has 0 atom stereocenters. The second-order valence-corrected chi connectivity index (χ2v) is 7.59. The fourth-order valence-corrected chi connectivity index (χ4v) is 3.36. The number of benzene rings is 3. The van der Waals surface area contributed by atoms with E-state index in [4.69, 9.17) is 21.1 Å². The van der Waals surface area contributed by atoms with Gasteiger partial charge in [-0.05, 0) is 35.4 Å². The average Bonchev–Trinajstić information content (AvgIpc) is 2.86. The van der Waals surface area contributed by atoms with Crippen LogP contribution in [0.25, 0.3) is 6.08 Å². The summed E-state index contributed by atoms with van der Waals surface area (Å²) >= 11 is 6.35. The lowest BCUT2D eigenvalue weighted by molar-refractivity contribution is -0.385. The van der Waals surface area contributed by atoms with Crippen molar-refractivity contribution in [3.05, 3.63) is 103 Å². The number of rotatable bonds is 9. The van der Waals surface area contributed by atoms with Crippen molar-refractivity contribution in [3.63, 3.8) is 0 Å². The van der Waals surface area contributed by atoms with E-state index in [2.05, 4.69) is 5.32 Å². The number of nitrogens with one attached hydrogen (secondary N) is 1. The van der Waals surface area contributed by atoms with E-state index in [0.29, 0.717) is 11.1 Å². The first-order chi connectivity index (χ1) is 17.2. The molecule has 3 aromatic rings. The number of ether oxygens (including phenoxy) is 2. The number of hydrogen-bond donors (Lipinski definition) is 1. The van der Waals surface area contributed by atoms with Crippen LogP contribution >= 0.6 is 11.6 Å². The summed E-state index contributed by atoms with van der Waals surface area (Å²) in [5, 5.41) is 33.9. The van der Waals surface area contributed by atoms with Gasteiger partial charge in [-0.1, -0.05) is 29.8 Å². The molecule has 0 aliphatic carbocycles. The Bertz CT molecular complexity index is 1420. The maximum absolute atomic E-state index is 12.6. The van der Waals surface area contributed by atoms with Crippen LogP contribution in [0, 0.1) is 31.6 Å². The summed E-state index contributed by atoms with van der Waals surface area (Å²) < 4.78 is 11.1. The van der Waals surface area contributed by atoms with Crippen molar-refractivity contribution < 1.29 is 24.1 Å². The molecular formula is C24H17ClN4O7. The van der Waals surface area contributed by atoms with Gasteiger partial charge in [-0.25, -0.2) is 0 Å². The minimum atomic E-state index is -0.779. The van der Waals surface area contributed by atoms with E-state index in [1.54, 1.807) is 12.1 Å². The summed E-state index contributed by atoms with van der Waals surface area (Å²) in [7, 11) is 1.37. The number of nitriles is 1. The molecule has 36 heavy (non-hydrogen) atoms. The Labute approximate surface area is 209 Å². The molecule has 0 aromatic heterocycles. The highest BCUT2D eigenvalue weighted by Crippen LogP contribution is 2.37. The zero-order chi connectivity index (χ0) is 26.2. The zero-order valence-corrected chi connectivity index (χ0v) is 19.4. The monoisotopic (exact) mass is 508 g/mol. The van der Waals surface area contributed by atoms with Gasteiger partial charge < -0.3 is 14.8 Å². The molecule has 0 saturated carbocycles. The summed E-state index contributed by atoms with van der Waals surface area (Å²) in [4.78, 5) is 33.3. The number of carbonyl (C=O) groups excluding carboxylic acids is 1. The molecule has 182 valence electrons. The maximum Gasteiger partial charge on any atom is 0.271 e. The molecule has 0 radical (unpaired) electrons. The Morgan fingerprint density at radius 3 is 2.39 bits per heavy atom. The van der Waals surface area contributed by atoms with Gasteiger partial charge in [-0.3, -0.25) is 25.0 Å². The number of amides is 1. The predicted octanol–water partition coefficient (Wildman–Crippen LogP) is 5.29. The molecule has 0 spiro atoms. The van der Waals surface area contributed by atoms with E-state index in [1.807, 2.05) is 0 Å². The Balaban J connectivity index is 1.82. The molecule has 0 heterocycles. The number of methoxy groups -OCH3 is 1. The number of halogens is 1. The normalized spacial score (nSPS) is 10.8. The number of anilines is 1. The summed E-state index contributed by atoms with van der Waals surface area (Å²) in [5.74, 6) is -0.406. The van der Waals surface area contributed by atoms with E-state index in [9.17, 15) is 30.3 Å². The molecular weight excluding hydrogens is 492 g/mol. The van der Waals surface area contributed by atoms with Crippen molar-refractivity contribution in [3.8, 4) is 17.6 Å². The summed E-state index contributed by atoms with van der Waals surface area (Å²) in [6.45, 7) is -0.0258. The van der Waals surface area contributed by atoms with Crippen LogP contribution in [0.5, 0.6) is 11.5 Å². The predicted molar refractivity (Wildman–Crippen MR) is 131 cm³/mol. The Morgan fingerprint density at radius 1 is 1.08 bits per heavy atom. The highest BCUT2D eigenvalue weighted by molar-refractivity contribution is 6.32. The maximum atomic E-state index is 12.6. The third-order valence-electron chi connectivity index (χ3n) is 4.75. The molecule has 0 aliphatic rings. The molecule has 11 nitrogen and oxygen atoms in total. The Kier molecular flexibility index (Phi) is 8.17. The van der Waals surface area contributed by atoms with E-state index in [0.717, 1.165) is 0 Å². The molecule has 0 unspecified atom stereocenters. The molecule has 12 heteroatoms. The first-order valence-electron chi connectivity index (χ1n) is 10.1. The minimum Gasteiger partial charge on any atom is -0.493 e. The van der Waals surface area contributed by atoms with E-state index in [1.165, 1.54) is 67.8 Å². The molecule has 3 rings (SSSR count). The minimum absolute atomic E-state index is 0.0258. The lowest BCUT2D eigenvalue weighted by Gasteiger charge is -2.13. The van der Waals surface area contributed by atoms with Crippen LogP contribution in [0.1, 0.15) is 11.1 Å². The fourth-order valence-electron chi connectivity index (χ4n) is 3.09. The molecule has 1 N–H and O–H groups in total. The highest BCUT2D eigenvalue weighted by Gasteiger charge is 2.16. The summed E-state index contributed by atoms with van der Waals surface area (Å²) in [6, 6.07) is 15.9. The summed E-state index contributed by atoms with van der Waals surface area (Å²) in [6.07, 6.45) is 1.27. The van der Waals surface area contributed by atoms with Gasteiger partial charge in [0.1, 0.15) is 18.2 Å². The highest BCUT2D eigenvalue weighted by atomic mass is 35.5. The molecule has 3 aromatic carbocycles. The third kappa shape index (κ3) is 6.34. The molecule has 1 amide bonds. The number of nitro benzene ring substituents is 2. The van der Waals surface area contributed by atoms with Gasteiger partial charge in [-0.15, -0.1) is 0 Å². The lowest BCUT2D eigenvalue weighted by Crippen LogP contribution is -2.13. The topological polar surface area (TPSA) is 158 Å². The molecule has 0 bridgehead atoms. The molecule has 0 saturated heterocycles. The number of hydrogen-bond acceptors (Lipinski definition) is 8. The van der Waals surface area contributed by atoms with Crippen LogP contribution in [0.15, 0.2) is 66.2 Å². The first kappa shape index (κ1) is 25.7. The van der Waals surface area contributed by atoms with Crippen LogP contribution in [-0.2, 0) is 11.4 Å². The van der Waals surface area contributed by atoms with Gasteiger partial charge in [0.2, 0.25) is 0 Å². The zero-order valence-electron chi connectivity index (χ0n) is 18.6. The van der Waals surface area contributed by atoms with Gasteiger partial charge in [0, 0.05) is 30.0 Å². The second kappa shape index (κ2) is 11.5. The number of nitro groups is 2. The largest absolute Gasteiger partial charge is 0.493 e. The summed E-state index contributed by atoms with van der Waals surface area (Å²) in [5.41, 5.74) is 0.455. The van der Waals surface area contributed by atoms with Crippen molar-refractivity contribution in [2.45, 2.75) is 6.61 Å². The number of non-ortho nitro benzene ring substituents is 2. The molecule has 0 fully saturated rings. The lowest BCUT2D eigenvalue weighted by atomic mass is 10.1. The van der Waals surface area contributed by atoms with Crippen molar-refractivity contribution in [2.24, 2.45) is 0 Å². The fraction of sp³-hybridized carbons (Fsp3) is 0.0833. The van der Waals surface area contributed by atoms with Gasteiger partial charge in [0.25, 0.3) is 17.3 Å². The number of carbonyl (C=O) groups is 1. The van der Waals surface area contributed by atoms with Gasteiger partial charge in [0.05, 0.1) is 22.0 Å². The van der Waals surface area contributed by atoms with E-state index >= 15 is 0 Å². The first-order valence-corrected chi connectivity index (χ1v) is 10.5. The van der Waals surface area contributed by atoms with Crippen molar-refractivity contribution in [2.75, 3.05) is 12.4 Å². The van der Waals surface area contributed by atoms with Crippen LogP contribution in [0.4, 0.5) is 17.1 Å². The van der Waals surface area contributed by atoms with Crippen molar-refractivity contribution >= 4 is 40.6 Å². The molecule has 0 aliphatic heterocycles. The van der Waals surface area contributed by atoms with Gasteiger partial charge in [0.15, 0.2) is 11.5 Å². The van der Waals surface area contributed by atoms with Crippen LogP contribution in [0.3, 0.4) is 0 Å². The smallest absolute Gasteiger partial charge is 0.271 e. The SMILES string of the molecule is COc1cc(/C=C(\C#N)C(=O)Nc2cccc([N+](=O)[O-])c2)cc(Cl)c1OCc1cccc([N+](=O)[O-])c1. The van der Waals surface area contributed by atoms with Gasteiger partial charge in [-0.2, -0.15) is 5.26 Å². The Hall–Kier alpha value is -4.95.